The minimum atomic E-state index is -0.950. The van der Waals surface area contributed by atoms with Gasteiger partial charge in [0, 0.05) is 5.41 Å². The normalized spacial score (nSPS) is 12.6. The molecule has 0 aliphatic rings. The van der Waals surface area contributed by atoms with Crippen LogP contribution < -0.4 is 0 Å². The SMILES string of the molecule is CC(C)(CC(C)(C)C(=O)CO)C(=O)O. The van der Waals surface area contributed by atoms with E-state index in [1.54, 1.807) is 27.7 Å². The smallest absolute Gasteiger partial charge is 0.309 e. The molecule has 0 aromatic heterocycles. The zero-order valence-corrected chi connectivity index (χ0v) is 9.13. The van der Waals surface area contributed by atoms with Gasteiger partial charge in [0.15, 0.2) is 5.78 Å². The summed E-state index contributed by atoms with van der Waals surface area (Å²) in [5, 5.41) is 17.6. The van der Waals surface area contributed by atoms with Crippen molar-refractivity contribution < 1.29 is 19.8 Å². The number of carbonyl (C=O) groups excluding carboxylic acids is 1. The van der Waals surface area contributed by atoms with Crippen molar-refractivity contribution in [3.05, 3.63) is 0 Å². The van der Waals surface area contributed by atoms with Crippen LogP contribution in [0.1, 0.15) is 34.1 Å². The molecule has 0 amide bonds. The molecule has 0 rings (SSSR count). The first kappa shape index (κ1) is 13.1. The number of Topliss-reactive ketones (excluding diaryl/α,β-unsaturated/α-hetero) is 1. The minimum absolute atomic E-state index is 0.217. The molecule has 0 saturated heterocycles. The Labute approximate surface area is 83.9 Å². The van der Waals surface area contributed by atoms with Crippen LogP contribution in [0.2, 0.25) is 0 Å². The Morgan fingerprint density at radius 3 is 1.79 bits per heavy atom. The molecule has 0 aromatic rings. The Morgan fingerprint density at radius 1 is 1.07 bits per heavy atom. The summed E-state index contributed by atoms with van der Waals surface area (Å²) < 4.78 is 0. The van der Waals surface area contributed by atoms with Crippen molar-refractivity contribution in [2.75, 3.05) is 6.61 Å². The Bertz CT molecular complexity index is 241. The number of aliphatic hydroxyl groups is 1. The van der Waals surface area contributed by atoms with Crippen LogP contribution in [0, 0.1) is 10.8 Å². The van der Waals surface area contributed by atoms with Crippen molar-refractivity contribution >= 4 is 11.8 Å². The predicted molar refractivity (Wildman–Crippen MR) is 51.9 cm³/mol. The van der Waals surface area contributed by atoms with Crippen LogP contribution in [0.3, 0.4) is 0 Å². The lowest BCUT2D eigenvalue weighted by Gasteiger charge is -2.30. The molecule has 0 atom stereocenters. The van der Waals surface area contributed by atoms with E-state index in [0.29, 0.717) is 0 Å². The number of hydrogen-bond acceptors (Lipinski definition) is 3. The van der Waals surface area contributed by atoms with Crippen molar-refractivity contribution in [1.82, 2.24) is 0 Å². The summed E-state index contributed by atoms with van der Waals surface area (Å²) in [7, 11) is 0. The number of aliphatic carboxylic acids is 1. The molecule has 0 unspecified atom stereocenters. The van der Waals surface area contributed by atoms with Gasteiger partial charge < -0.3 is 10.2 Å². The van der Waals surface area contributed by atoms with Crippen LogP contribution in [-0.2, 0) is 9.59 Å². The van der Waals surface area contributed by atoms with Crippen molar-refractivity contribution in [2.45, 2.75) is 34.1 Å². The van der Waals surface area contributed by atoms with Crippen LogP contribution >= 0.6 is 0 Å². The van der Waals surface area contributed by atoms with Gasteiger partial charge in [0.05, 0.1) is 5.41 Å². The average molecular weight is 202 g/mol. The lowest BCUT2D eigenvalue weighted by atomic mass is 9.73. The Hall–Kier alpha value is -0.900. The van der Waals surface area contributed by atoms with E-state index in [1.807, 2.05) is 0 Å². The van der Waals surface area contributed by atoms with Crippen LogP contribution in [0.5, 0.6) is 0 Å². The number of carbonyl (C=O) groups is 2. The molecule has 4 heteroatoms. The molecular weight excluding hydrogens is 184 g/mol. The van der Waals surface area contributed by atoms with E-state index in [-0.39, 0.29) is 12.2 Å². The first-order chi connectivity index (χ1) is 6.13. The van der Waals surface area contributed by atoms with Crippen LogP contribution in [-0.4, -0.2) is 28.6 Å². The summed E-state index contributed by atoms with van der Waals surface area (Å²) in [5.74, 6) is -1.26. The lowest BCUT2D eigenvalue weighted by molar-refractivity contribution is -0.149. The van der Waals surface area contributed by atoms with E-state index < -0.39 is 23.4 Å². The van der Waals surface area contributed by atoms with Crippen LogP contribution in [0.25, 0.3) is 0 Å². The molecule has 0 heterocycles. The zero-order chi connectivity index (χ0) is 11.6. The highest BCUT2D eigenvalue weighted by molar-refractivity contribution is 5.86. The first-order valence-electron chi connectivity index (χ1n) is 4.51. The van der Waals surface area contributed by atoms with Crippen molar-refractivity contribution in [2.24, 2.45) is 10.8 Å². The highest BCUT2D eigenvalue weighted by atomic mass is 16.4. The van der Waals surface area contributed by atoms with Gasteiger partial charge in [-0.15, -0.1) is 0 Å². The first-order valence-corrected chi connectivity index (χ1v) is 4.51. The Balaban J connectivity index is 4.66. The molecule has 0 aliphatic carbocycles. The second kappa shape index (κ2) is 4.09. The van der Waals surface area contributed by atoms with Gasteiger partial charge in [0.1, 0.15) is 6.61 Å². The Kier molecular flexibility index (Phi) is 3.82. The molecule has 0 radical (unpaired) electrons. The van der Waals surface area contributed by atoms with E-state index in [4.69, 9.17) is 10.2 Å². The largest absolute Gasteiger partial charge is 0.481 e. The fourth-order valence-corrected chi connectivity index (χ4v) is 1.49. The summed E-state index contributed by atoms with van der Waals surface area (Å²) in [5.41, 5.74) is -1.75. The molecule has 0 aromatic carbocycles. The van der Waals surface area contributed by atoms with Crippen LogP contribution in [0.4, 0.5) is 0 Å². The molecule has 82 valence electrons. The monoisotopic (exact) mass is 202 g/mol. The van der Waals surface area contributed by atoms with Gasteiger partial charge in [-0.25, -0.2) is 0 Å². The molecule has 0 saturated carbocycles. The number of carboxylic acid groups (broad SMARTS) is 1. The molecule has 14 heavy (non-hydrogen) atoms. The Morgan fingerprint density at radius 2 is 1.50 bits per heavy atom. The average Bonchev–Trinajstić information content (AvgIpc) is 2.00. The fraction of sp³-hybridized carbons (Fsp3) is 0.800. The van der Waals surface area contributed by atoms with Gasteiger partial charge in [-0.2, -0.15) is 0 Å². The quantitative estimate of drug-likeness (QED) is 0.699. The minimum Gasteiger partial charge on any atom is -0.481 e. The van der Waals surface area contributed by atoms with Gasteiger partial charge in [-0.1, -0.05) is 13.8 Å². The van der Waals surface area contributed by atoms with Crippen molar-refractivity contribution in [3.63, 3.8) is 0 Å². The van der Waals surface area contributed by atoms with Crippen molar-refractivity contribution in [3.8, 4) is 0 Å². The van der Waals surface area contributed by atoms with Gasteiger partial charge in [0.25, 0.3) is 0 Å². The van der Waals surface area contributed by atoms with E-state index in [2.05, 4.69) is 0 Å². The summed E-state index contributed by atoms with van der Waals surface area (Å²) >= 11 is 0. The van der Waals surface area contributed by atoms with E-state index in [9.17, 15) is 9.59 Å². The maximum Gasteiger partial charge on any atom is 0.309 e. The third-order valence-electron chi connectivity index (χ3n) is 2.36. The molecule has 4 nitrogen and oxygen atoms in total. The molecule has 0 fully saturated rings. The lowest BCUT2D eigenvalue weighted by Crippen LogP contribution is -2.36. The fourth-order valence-electron chi connectivity index (χ4n) is 1.49. The topological polar surface area (TPSA) is 74.6 Å². The number of rotatable bonds is 5. The molecule has 2 N–H and O–H groups in total. The van der Waals surface area contributed by atoms with Gasteiger partial charge in [-0.05, 0) is 20.3 Å². The summed E-state index contributed by atoms with van der Waals surface area (Å²) in [4.78, 5) is 22.1. The maximum absolute atomic E-state index is 11.3. The molecular formula is C10H18O4. The van der Waals surface area contributed by atoms with Gasteiger partial charge >= 0.3 is 5.97 Å². The summed E-state index contributed by atoms with van der Waals surface area (Å²) in [6, 6.07) is 0. The second-order valence-corrected chi connectivity index (χ2v) is 4.83. The summed E-state index contributed by atoms with van der Waals surface area (Å²) in [6.07, 6.45) is 0.217. The third-order valence-corrected chi connectivity index (χ3v) is 2.36. The van der Waals surface area contributed by atoms with E-state index in [0.717, 1.165) is 0 Å². The highest BCUT2D eigenvalue weighted by Gasteiger charge is 2.38. The number of carboxylic acids is 1. The molecule has 0 aliphatic heterocycles. The molecule has 0 bridgehead atoms. The summed E-state index contributed by atoms with van der Waals surface area (Å²) in [6.45, 7) is 5.90. The van der Waals surface area contributed by atoms with E-state index >= 15 is 0 Å². The predicted octanol–water partition coefficient (Wildman–Crippen LogP) is 1.07. The third kappa shape index (κ3) is 3.10. The van der Waals surface area contributed by atoms with Crippen molar-refractivity contribution in [1.29, 1.82) is 0 Å². The molecule has 0 spiro atoms. The van der Waals surface area contributed by atoms with Gasteiger partial charge in [-0.3, -0.25) is 9.59 Å². The highest BCUT2D eigenvalue weighted by Crippen LogP contribution is 2.34. The van der Waals surface area contributed by atoms with E-state index in [1.165, 1.54) is 0 Å². The standard InChI is InChI=1S/C10H18O4/c1-9(2,7(12)5-11)6-10(3,4)8(13)14/h11H,5-6H2,1-4H3,(H,13,14). The zero-order valence-electron chi connectivity index (χ0n) is 9.13. The van der Waals surface area contributed by atoms with Gasteiger partial charge in [0.2, 0.25) is 0 Å². The maximum atomic E-state index is 11.3. The number of aliphatic hydroxyl groups excluding tert-OH is 1. The second-order valence-electron chi connectivity index (χ2n) is 4.83. The number of hydrogen-bond donors (Lipinski definition) is 2. The van der Waals surface area contributed by atoms with Crippen LogP contribution in [0.15, 0.2) is 0 Å². The number of ketones is 1.